The largest absolute Gasteiger partial charge is 0.374 e. The van der Waals surface area contributed by atoms with Gasteiger partial charge in [0.2, 0.25) is 0 Å². The predicted octanol–water partition coefficient (Wildman–Crippen LogP) is 2.67. The van der Waals surface area contributed by atoms with E-state index in [1.165, 1.54) is 30.5 Å². The highest BCUT2D eigenvalue weighted by Gasteiger charge is 2.37. The van der Waals surface area contributed by atoms with Gasteiger partial charge in [-0.2, -0.15) is 0 Å². The quantitative estimate of drug-likeness (QED) is 0.801. The average Bonchev–Trinajstić information content (AvgIpc) is 3.35. The number of likely N-dealkylation sites (tertiary alicyclic amines) is 1. The van der Waals surface area contributed by atoms with Gasteiger partial charge in [-0.25, -0.2) is 0 Å². The highest BCUT2D eigenvalue weighted by molar-refractivity contribution is 5.93. The molecular formula is C24H30N4O2. The summed E-state index contributed by atoms with van der Waals surface area (Å²) in [5, 5.41) is 2.91. The van der Waals surface area contributed by atoms with Gasteiger partial charge in [0, 0.05) is 50.6 Å². The molecule has 0 radical (unpaired) electrons. The van der Waals surface area contributed by atoms with Crippen molar-refractivity contribution in [1.29, 1.82) is 0 Å². The number of carbonyl (C=O) groups excluding carboxylic acids is 1. The molecule has 1 aliphatic carbocycles. The summed E-state index contributed by atoms with van der Waals surface area (Å²) in [6, 6.07) is 10.6. The summed E-state index contributed by atoms with van der Waals surface area (Å²) in [7, 11) is 2.11. The number of H-pyrrole nitrogens is 1. The van der Waals surface area contributed by atoms with Crippen LogP contribution in [-0.4, -0.2) is 42.0 Å². The summed E-state index contributed by atoms with van der Waals surface area (Å²) in [5.74, 6) is 0.508. The van der Waals surface area contributed by atoms with Gasteiger partial charge in [-0.3, -0.25) is 14.5 Å². The topological polar surface area (TPSA) is 68.4 Å². The number of hydrogen-bond donors (Lipinski definition) is 2. The minimum atomic E-state index is -0.321. The van der Waals surface area contributed by atoms with E-state index in [1.807, 2.05) is 6.07 Å². The van der Waals surface area contributed by atoms with Crippen molar-refractivity contribution in [2.24, 2.45) is 5.92 Å². The number of nitrogens with one attached hydrogen (secondary N) is 2. The maximum Gasteiger partial charge on any atom is 0.261 e. The summed E-state index contributed by atoms with van der Waals surface area (Å²) in [6.07, 6.45) is 6.14. The first-order valence-electron chi connectivity index (χ1n) is 11.1. The molecule has 2 fully saturated rings. The number of anilines is 1. The Labute approximate surface area is 177 Å². The van der Waals surface area contributed by atoms with Crippen LogP contribution in [0.5, 0.6) is 0 Å². The van der Waals surface area contributed by atoms with E-state index < -0.39 is 0 Å². The summed E-state index contributed by atoms with van der Waals surface area (Å²) >= 11 is 0. The number of nitrogens with zero attached hydrogens (tertiary/aromatic N) is 2. The molecule has 2 aromatic rings. The highest BCUT2D eigenvalue weighted by Crippen LogP contribution is 2.37. The van der Waals surface area contributed by atoms with Crippen LogP contribution in [0, 0.1) is 5.92 Å². The smallest absolute Gasteiger partial charge is 0.261 e. The molecule has 1 aromatic heterocycles. The number of amides is 1. The predicted molar refractivity (Wildman–Crippen MR) is 118 cm³/mol. The third kappa shape index (κ3) is 3.76. The molecule has 3 aliphatic rings. The van der Waals surface area contributed by atoms with Crippen LogP contribution in [0.1, 0.15) is 52.9 Å². The Kier molecular flexibility index (Phi) is 5.11. The van der Waals surface area contributed by atoms with Crippen LogP contribution in [0.25, 0.3) is 0 Å². The average molecular weight is 407 g/mol. The molecule has 2 atom stereocenters. The minimum absolute atomic E-state index is 0.180. The lowest BCUT2D eigenvalue weighted by molar-refractivity contribution is 0.0949. The SMILES string of the molecule is CN1CCCc2cc(CNC(=O)c3ccc(CN4C[C@H]5CC[C@H]4C5)[nH]c3=O)ccc21. The van der Waals surface area contributed by atoms with Crippen molar-refractivity contribution in [2.45, 2.75) is 51.2 Å². The number of pyridine rings is 1. The Bertz CT molecular complexity index is 1010. The van der Waals surface area contributed by atoms with Crippen LogP contribution in [-0.2, 0) is 19.5 Å². The van der Waals surface area contributed by atoms with Gasteiger partial charge in [0.15, 0.2) is 0 Å². The van der Waals surface area contributed by atoms with Crippen molar-refractivity contribution in [3.63, 3.8) is 0 Å². The number of aromatic nitrogens is 1. The fraction of sp³-hybridized carbons (Fsp3) is 0.500. The van der Waals surface area contributed by atoms with E-state index in [0.717, 1.165) is 49.7 Å². The van der Waals surface area contributed by atoms with E-state index in [2.05, 4.69) is 45.3 Å². The lowest BCUT2D eigenvalue weighted by atomic mass is 9.99. The fourth-order valence-electron chi connectivity index (χ4n) is 5.45. The Morgan fingerprint density at radius 3 is 2.90 bits per heavy atom. The molecular weight excluding hydrogens is 376 g/mol. The lowest BCUT2D eigenvalue weighted by Crippen LogP contribution is -2.33. The van der Waals surface area contributed by atoms with Crippen LogP contribution < -0.4 is 15.8 Å². The first-order chi connectivity index (χ1) is 14.6. The molecule has 6 nitrogen and oxygen atoms in total. The fourth-order valence-corrected chi connectivity index (χ4v) is 5.45. The van der Waals surface area contributed by atoms with Gasteiger partial charge in [-0.1, -0.05) is 12.1 Å². The van der Waals surface area contributed by atoms with Gasteiger partial charge in [0.25, 0.3) is 11.5 Å². The van der Waals surface area contributed by atoms with Gasteiger partial charge in [0.1, 0.15) is 5.56 Å². The van der Waals surface area contributed by atoms with Crippen LogP contribution in [0.3, 0.4) is 0 Å². The molecule has 1 saturated carbocycles. The summed E-state index contributed by atoms with van der Waals surface area (Å²) < 4.78 is 0. The third-order valence-electron chi connectivity index (χ3n) is 7.06. The van der Waals surface area contributed by atoms with Crippen molar-refractivity contribution in [3.05, 3.63) is 63.1 Å². The maximum atomic E-state index is 12.6. The Hall–Kier alpha value is -2.60. The molecule has 0 spiro atoms. The lowest BCUT2D eigenvalue weighted by Gasteiger charge is -2.27. The van der Waals surface area contributed by atoms with E-state index in [1.54, 1.807) is 6.07 Å². The molecule has 1 amide bonds. The number of aryl methyl sites for hydroxylation is 1. The van der Waals surface area contributed by atoms with E-state index >= 15 is 0 Å². The molecule has 2 bridgehead atoms. The number of hydrogen-bond acceptors (Lipinski definition) is 4. The Balaban J connectivity index is 1.21. The van der Waals surface area contributed by atoms with Gasteiger partial charge in [0.05, 0.1) is 0 Å². The van der Waals surface area contributed by atoms with Gasteiger partial charge in [-0.15, -0.1) is 0 Å². The number of rotatable bonds is 5. The number of benzene rings is 1. The van der Waals surface area contributed by atoms with Gasteiger partial charge in [-0.05, 0) is 67.3 Å². The molecule has 3 heterocycles. The first-order valence-corrected chi connectivity index (χ1v) is 11.1. The summed E-state index contributed by atoms with van der Waals surface area (Å²) in [5.41, 5.74) is 4.43. The van der Waals surface area contributed by atoms with Gasteiger partial charge < -0.3 is 15.2 Å². The molecule has 158 valence electrons. The van der Waals surface area contributed by atoms with E-state index in [9.17, 15) is 9.59 Å². The minimum Gasteiger partial charge on any atom is -0.374 e. The normalized spacial score (nSPS) is 22.9. The molecule has 5 rings (SSSR count). The van der Waals surface area contributed by atoms with E-state index in [0.29, 0.717) is 12.6 Å². The Morgan fingerprint density at radius 2 is 2.13 bits per heavy atom. The molecule has 1 aromatic carbocycles. The van der Waals surface area contributed by atoms with Crippen molar-refractivity contribution in [3.8, 4) is 0 Å². The van der Waals surface area contributed by atoms with Crippen LogP contribution >= 0.6 is 0 Å². The molecule has 30 heavy (non-hydrogen) atoms. The first kappa shape index (κ1) is 19.4. The second-order valence-corrected chi connectivity index (χ2v) is 9.16. The highest BCUT2D eigenvalue weighted by atomic mass is 16.2. The van der Waals surface area contributed by atoms with E-state index in [-0.39, 0.29) is 17.0 Å². The number of piperidine rings is 1. The standard InChI is InChI=1S/C24H30N4O2/c1-27-10-2-3-18-11-16(5-9-22(18)27)13-25-23(29)21-8-6-19(26-24(21)30)15-28-14-17-4-7-20(28)12-17/h5-6,8-9,11,17,20H,2-4,7,10,12-15H2,1H3,(H,25,29)(H,26,30)/t17-,20-/m0/s1. The molecule has 1 saturated heterocycles. The zero-order valence-corrected chi connectivity index (χ0v) is 17.6. The van der Waals surface area contributed by atoms with Crippen molar-refractivity contribution >= 4 is 11.6 Å². The molecule has 6 heteroatoms. The molecule has 2 N–H and O–H groups in total. The number of aromatic amines is 1. The number of carbonyl (C=O) groups is 1. The third-order valence-corrected chi connectivity index (χ3v) is 7.06. The number of fused-ring (bicyclic) bond motifs is 3. The van der Waals surface area contributed by atoms with Crippen LogP contribution in [0.15, 0.2) is 35.1 Å². The molecule has 0 unspecified atom stereocenters. The van der Waals surface area contributed by atoms with Crippen molar-refractivity contribution < 1.29 is 4.79 Å². The van der Waals surface area contributed by atoms with Crippen LogP contribution in [0.2, 0.25) is 0 Å². The molecule has 2 aliphatic heterocycles. The van der Waals surface area contributed by atoms with Gasteiger partial charge >= 0.3 is 0 Å². The zero-order chi connectivity index (χ0) is 20.7. The van der Waals surface area contributed by atoms with E-state index in [4.69, 9.17) is 0 Å². The summed E-state index contributed by atoms with van der Waals surface area (Å²) in [6.45, 7) is 3.40. The van der Waals surface area contributed by atoms with Crippen molar-refractivity contribution in [1.82, 2.24) is 15.2 Å². The second-order valence-electron chi connectivity index (χ2n) is 9.16. The summed E-state index contributed by atoms with van der Waals surface area (Å²) in [4.78, 5) is 32.8. The second kappa shape index (κ2) is 7.91. The maximum absolute atomic E-state index is 12.6. The monoisotopic (exact) mass is 406 g/mol. The van der Waals surface area contributed by atoms with Crippen molar-refractivity contribution in [2.75, 3.05) is 25.0 Å². The zero-order valence-electron chi connectivity index (χ0n) is 17.6. The Morgan fingerprint density at radius 1 is 1.23 bits per heavy atom. The van der Waals surface area contributed by atoms with Crippen LogP contribution in [0.4, 0.5) is 5.69 Å².